The van der Waals surface area contributed by atoms with E-state index in [-0.39, 0.29) is 23.9 Å². The number of hydrogen-bond acceptors (Lipinski definition) is 5. The summed E-state index contributed by atoms with van der Waals surface area (Å²) in [7, 11) is -3.65. The third-order valence-electron chi connectivity index (χ3n) is 4.08. The normalized spacial score (nSPS) is 15.5. The molecule has 0 aliphatic carbocycles. The average molecular weight is 374 g/mol. The number of hydrogen-bond donors (Lipinski definition) is 1. The number of piperazine rings is 1. The zero-order valence-electron chi connectivity index (χ0n) is 13.9. The number of nitrogens with one attached hydrogen (secondary N) is 1. The van der Waals surface area contributed by atoms with E-state index < -0.39 is 10.0 Å². The Morgan fingerprint density at radius 1 is 1.04 bits per heavy atom. The van der Waals surface area contributed by atoms with Crippen LogP contribution in [0.5, 0.6) is 0 Å². The summed E-state index contributed by atoms with van der Waals surface area (Å²) in [4.78, 5) is 28.6. The first-order valence-electron chi connectivity index (χ1n) is 8.02. The minimum atomic E-state index is -3.65. The van der Waals surface area contributed by atoms with E-state index >= 15 is 0 Å². The van der Waals surface area contributed by atoms with Crippen molar-refractivity contribution in [1.82, 2.24) is 14.2 Å². The number of sulfonamides is 1. The van der Waals surface area contributed by atoms with E-state index in [4.69, 9.17) is 0 Å². The lowest BCUT2D eigenvalue weighted by Crippen LogP contribution is -2.47. The van der Waals surface area contributed by atoms with Crippen molar-refractivity contribution in [3.05, 3.63) is 54.2 Å². The van der Waals surface area contributed by atoms with Crippen LogP contribution < -0.4 is 5.32 Å². The predicted octanol–water partition coefficient (Wildman–Crippen LogP) is 0.797. The first kappa shape index (κ1) is 18.0. The van der Waals surface area contributed by atoms with Crippen LogP contribution in [0.4, 0.5) is 5.82 Å². The van der Waals surface area contributed by atoms with Gasteiger partial charge in [0.15, 0.2) is 0 Å². The summed E-state index contributed by atoms with van der Waals surface area (Å²) in [6.45, 7) is 1.24. The van der Waals surface area contributed by atoms with Gasteiger partial charge in [0.1, 0.15) is 5.82 Å². The number of anilines is 1. The van der Waals surface area contributed by atoms with Gasteiger partial charge in [0.05, 0.1) is 4.90 Å². The molecule has 0 radical (unpaired) electrons. The predicted molar refractivity (Wildman–Crippen MR) is 95.0 cm³/mol. The second-order valence-corrected chi connectivity index (χ2v) is 7.68. The molecule has 1 aliphatic rings. The van der Waals surface area contributed by atoms with Crippen LogP contribution in [-0.4, -0.2) is 61.1 Å². The summed E-state index contributed by atoms with van der Waals surface area (Å²) in [6, 6.07) is 10.9. The van der Waals surface area contributed by atoms with Gasteiger partial charge in [0.25, 0.3) is 5.91 Å². The van der Waals surface area contributed by atoms with Gasteiger partial charge in [-0.2, -0.15) is 4.31 Å². The molecule has 9 heteroatoms. The molecule has 3 rings (SSSR count). The number of carbonyl (C=O) groups is 2. The van der Waals surface area contributed by atoms with Crippen molar-refractivity contribution in [3.8, 4) is 0 Å². The van der Waals surface area contributed by atoms with Gasteiger partial charge in [-0.25, -0.2) is 13.4 Å². The standard InChI is InChI=1S/C17H18N4O4S/c22-13-20-9-11-21(12-10-20)26(24,25)15-6-4-14(5-7-15)17(23)19-16-3-1-2-8-18-16/h1-8,13H,9-12H2,(H,18,19,23). The first-order chi connectivity index (χ1) is 12.5. The summed E-state index contributed by atoms with van der Waals surface area (Å²) >= 11 is 0. The maximum atomic E-state index is 12.7. The van der Waals surface area contributed by atoms with Gasteiger partial charge < -0.3 is 10.2 Å². The van der Waals surface area contributed by atoms with Crippen molar-refractivity contribution in [1.29, 1.82) is 0 Å². The fourth-order valence-electron chi connectivity index (χ4n) is 2.60. The van der Waals surface area contributed by atoms with E-state index in [1.165, 1.54) is 33.5 Å². The second kappa shape index (κ2) is 7.63. The second-order valence-electron chi connectivity index (χ2n) is 5.74. The molecule has 136 valence electrons. The summed E-state index contributed by atoms with van der Waals surface area (Å²) in [5, 5.41) is 2.64. The first-order valence-corrected chi connectivity index (χ1v) is 9.46. The number of benzene rings is 1. The maximum Gasteiger partial charge on any atom is 0.256 e. The van der Waals surface area contributed by atoms with E-state index in [0.717, 1.165) is 6.41 Å². The fraction of sp³-hybridized carbons (Fsp3) is 0.235. The molecule has 1 aliphatic heterocycles. The average Bonchev–Trinajstić information content (AvgIpc) is 2.69. The molecule has 26 heavy (non-hydrogen) atoms. The Balaban J connectivity index is 1.70. The Morgan fingerprint density at radius 3 is 2.31 bits per heavy atom. The van der Waals surface area contributed by atoms with Crippen molar-refractivity contribution >= 4 is 28.2 Å². The quantitative estimate of drug-likeness (QED) is 0.780. The number of amides is 2. The van der Waals surface area contributed by atoms with Crippen molar-refractivity contribution in [2.45, 2.75) is 4.90 Å². The minimum Gasteiger partial charge on any atom is -0.343 e. The molecule has 1 aromatic heterocycles. The molecule has 2 heterocycles. The highest BCUT2D eigenvalue weighted by molar-refractivity contribution is 7.89. The summed E-state index contributed by atoms with van der Waals surface area (Å²) in [5.74, 6) is 0.0505. The molecule has 2 aromatic rings. The summed E-state index contributed by atoms with van der Waals surface area (Å²) < 4.78 is 26.7. The van der Waals surface area contributed by atoms with Crippen LogP contribution in [0, 0.1) is 0 Å². The zero-order valence-corrected chi connectivity index (χ0v) is 14.7. The molecule has 0 spiro atoms. The Morgan fingerprint density at radius 2 is 1.73 bits per heavy atom. The molecule has 1 aromatic carbocycles. The lowest BCUT2D eigenvalue weighted by atomic mass is 10.2. The van der Waals surface area contributed by atoms with Gasteiger partial charge in [-0.05, 0) is 36.4 Å². The van der Waals surface area contributed by atoms with E-state index in [1.54, 1.807) is 24.4 Å². The molecule has 0 unspecified atom stereocenters. The minimum absolute atomic E-state index is 0.117. The van der Waals surface area contributed by atoms with Crippen LogP contribution in [0.25, 0.3) is 0 Å². The lowest BCUT2D eigenvalue weighted by molar-refractivity contribution is -0.119. The number of rotatable bonds is 5. The molecular formula is C17H18N4O4S. The van der Waals surface area contributed by atoms with Crippen LogP contribution in [0.1, 0.15) is 10.4 Å². The molecule has 1 N–H and O–H groups in total. The fourth-order valence-corrected chi connectivity index (χ4v) is 4.02. The van der Waals surface area contributed by atoms with E-state index in [2.05, 4.69) is 10.3 Å². The number of aromatic nitrogens is 1. The maximum absolute atomic E-state index is 12.7. The number of carbonyl (C=O) groups excluding carboxylic acids is 2. The third-order valence-corrected chi connectivity index (χ3v) is 6.00. The molecular weight excluding hydrogens is 356 g/mol. The zero-order chi connectivity index (χ0) is 18.6. The highest BCUT2D eigenvalue weighted by atomic mass is 32.2. The molecule has 0 saturated carbocycles. The number of nitrogens with zero attached hydrogens (tertiary/aromatic N) is 3. The van der Waals surface area contributed by atoms with Crippen LogP contribution >= 0.6 is 0 Å². The largest absolute Gasteiger partial charge is 0.343 e. The summed E-state index contributed by atoms with van der Waals surface area (Å²) in [5.41, 5.74) is 0.334. The molecule has 0 atom stereocenters. The van der Waals surface area contributed by atoms with Crippen LogP contribution in [0.2, 0.25) is 0 Å². The molecule has 1 fully saturated rings. The molecule has 2 amide bonds. The Bertz CT molecular complexity index is 877. The van der Waals surface area contributed by atoms with E-state index in [0.29, 0.717) is 24.5 Å². The van der Waals surface area contributed by atoms with Crippen LogP contribution in [-0.2, 0) is 14.8 Å². The van der Waals surface area contributed by atoms with Crippen LogP contribution in [0.15, 0.2) is 53.6 Å². The highest BCUT2D eigenvalue weighted by Gasteiger charge is 2.28. The van der Waals surface area contributed by atoms with Crippen molar-refractivity contribution in [3.63, 3.8) is 0 Å². The van der Waals surface area contributed by atoms with Gasteiger partial charge in [-0.3, -0.25) is 9.59 Å². The van der Waals surface area contributed by atoms with Crippen molar-refractivity contribution in [2.75, 3.05) is 31.5 Å². The van der Waals surface area contributed by atoms with Crippen molar-refractivity contribution in [2.24, 2.45) is 0 Å². The topological polar surface area (TPSA) is 99.7 Å². The Hall–Kier alpha value is -2.78. The van der Waals surface area contributed by atoms with Gasteiger partial charge >= 0.3 is 0 Å². The molecule has 1 saturated heterocycles. The van der Waals surface area contributed by atoms with Gasteiger partial charge in [-0.1, -0.05) is 6.07 Å². The molecule has 8 nitrogen and oxygen atoms in total. The van der Waals surface area contributed by atoms with Gasteiger partial charge in [0.2, 0.25) is 16.4 Å². The SMILES string of the molecule is O=CN1CCN(S(=O)(=O)c2ccc(C(=O)Nc3ccccn3)cc2)CC1. The number of pyridine rings is 1. The van der Waals surface area contributed by atoms with Crippen LogP contribution in [0.3, 0.4) is 0 Å². The van der Waals surface area contributed by atoms with Gasteiger partial charge in [0, 0.05) is 37.9 Å². The smallest absolute Gasteiger partial charge is 0.256 e. The summed E-state index contributed by atoms with van der Waals surface area (Å²) in [6.07, 6.45) is 2.29. The van der Waals surface area contributed by atoms with Crippen molar-refractivity contribution < 1.29 is 18.0 Å². The van der Waals surface area contributed by atoms with E-state index in [9.17, 15) is 18.0 Å². The third kappa shape index (κ3) is 3.89. The van der Waals surface area contributed by atoms with Gasteiger partial charge in [-0.15, -0.1) is 0 Å². The lowest BCUT2D eigenvalue weighted by Gasteiger charge is -2.31. The Labute approximate surface area is 151 Å². The monoisotopic (exact) mass is 374 g/mol. The highest BCUT2D eigenvalue weighted by Crippen LogP contribution is 2.18. The molecule has 0 bridgehead atoms. The Kier molecular flexibility index (Phi) is 5.29. The van der Waals surface area contributed by atoms with E-state index in [1.807, 2.05) is 0 Å².